The molecule has 1 N–H and O–H groups in total. The highest BCUT2D eigenvalue weighted by Gasteiger charge is 2.42. The molecule has 4 rings (SSSR count). The molecule has 0 atom stereocenters. The summed E-state index contributed by atoms with van der Waals surface area (Å²) in [5.41, 5.74) is -1.73. The van der Waals surface area contributed by atoms with Crippen molar-refractivity contribution in [1.82, 2.24) is 19.9 Å². The smallest absolute Gasteiger partial charge is 0.321 e. The first-order valence-electron chi connectivity index (χ1n) is 9.30. The minimum Gasteiger partial charge on any atom is -0.321 e. The Morgan fingerprint density at radius 1 is 1.06 bits per heavy atom. The highest BCUT2D eigenvalue weighted by atomic mass is 32.2. The van der Waals surface area contributed by atoms with Gasteiger partial charge in [0.25, 0.3) is 11.1 Å². The van der Waals surface area contributed by atoms with Crippen molar-refractivity contribution in [2.75, 3.05) is 11.1 Å². The summed E-state index contributed by atoms with van der Waals surface area (Å²) in [6.45, 7) is 0.0448. The van der Waals surface area contributed by atoms with Gasteiger partial charge in [0.1, 0.15) is 5.82 Å². The molecule has 1 saturated heterocycles. The van der Waals surface area contributed by atoms with Crippen molar-refractivity contribution in [3.63, 3.8) is 0 Å². The van der Waals surface area contributed by atoms with E-state index in [0.717, 1.165) is 40.9 Å². The van der Waals surface area contributed by atoms with Crippen LogP contribution in [0, 0.1) is 5.82 Å². The second kappa shape index (κ2) is 8.65. The Morgan fingerprint density at radius 3 is 2.30 bits per heavy atom. The van der Waals surface area contributed by atoms with E-state index in [1.165, 1.54) is 24.3 Å². The lowest BCUT2D eigenvalue weighted by Crippen LogP contribution is -2.27. The predicted molar refractivity (Wildman–Crippen MR) is 109 cm³/mol. The predicted octanol–water partition coefficient (Wildman–Crippen LogP) is 3.87. The third-order valence-corrected chi connectivity index (χ3v) is 5.48. The third kappa shape index (κ3) is 4.72. The lowest BCUT2D eigenvalue weighted by atomic mass is 10.2. The number of hydrogen-bond acceptors (Lipinski definition) is 6. The Morgan fingerprint density at radius 2 is 1.73 bits per heavy atom. The number of rotatable bonds is 5. The van der Waals surface area contributed by atoms with E-state index in [1.54, 1.807) is 0 Å². The number of aromatic nitrogens is 3. The van der Waals surface area contributed by atoms with Crippen molar-refractivity contribution >= 4 is 34.5 Å². The topological polar surface area (TPSA) is 97.2 Å². The SMILES string of the molecule is O=C(Nc1ccc(CN2C(=O)CSC2=O)cc1)c1nnn(-c2ccc(F)cc2)c1C(F)(F)F. The van der Waals surface area contributed by atoms with Gasteiger partial charge in [0.2, 0.25) is 5.91 Å². The number of nitrogens with zero attached hydrogens (tertiary/aromatic N) is 4. The highest BCUT2D eigenvalue weighted by Crippen LogP contribution is 2.33. The van der Waals surface area contributed by atoms with Crippen molar-refractivity contribution in [1.29, 1.82) is 0 Å². The number of anilines is 1. The number of hydrogen-bond donors (Lipinski definition) is 1. The number of carbonyl (C=O) groups excluding carboxylic acids is 3. The summed E-state index contributed by atoms with van der Waals surface area (Å²) in [4.78, 5) is 37.0. The number of nitrogens with one attached hydrogen (secondary N) is 1. The van der Waals surface area contributed by atoms with Gasteiger partial charge in [-0.1, -0.05) is 29.1 Å². The van der Waals surface area contributed by atoms with Crippen LogP contribution < -0.4 is 5.32 Å². The van der Waals surface area contributed by atoms with E-state index in [1.807, 2.05) is 0 Å². The van der Waals surface area contributed by atoms with Gasteiger partial charge in [-0.2, -0.15) is 13.2 Å². The Hall–Kier alpha value is -3.74. The second-order valence-corrected chi connectivity index (χ2v) is 7.78. The first kappa shape index (κ1) is 22.5. The molecule has 0 radical (unpaired) electrons. The number of benzene rings is 2. The van der Waals surface area contributed by atoms with Crippen LogP contribution in [0.3, 0.4) is 0 Å². The summed E-state index contributed by atoms with van der Waals surface area (Å²) in [6.07, 6.45) is -4.97. The van der Waals surface area contributed by atoms with Crippen LogP contribution in [0.5, 0.6) is 0 Å². The van der Waals surface area contributed by atoms with Crippen molar-refractivity contribution in [3.8, 4) is 5.69 Å². The van der Waals surface area contributed by atoms with Crippen molar-refractivity contribution in [2.24, 2.45) is 0 Å². The van der Waals surface area contributed by atoms with Gasteiger partial charge in [-0.25, -0.2) is 9.07 Å². The van der Waals surface area contributed by atoms with Gasteiger partial charge in [-0.3, -0.25) is 19.3 Å². The van der Waals surface area contributed by atoms with Gasteiger partial charge < -0.3 is 5.32 Å². The van der Waals surface area contributed by atoms with E-state index in [4.69, 9.17) is 0 Å². The Labute approximate surface area is 187 Å². The van der Waals surface area contributed by atoms with Crippen molar-refractivity contribution in [2.45, 2.75) is 12.7 Å². The van der Waals surface area contributed by atoms with Gasteiger partial charge in [-0.05, 0) is 42.0 Å². The zero-order chi connectivity index (χ0) is 23.8. The molecule has 0 spiro atoms. The molecule has 0 saturated carbocycles. The van der Waals surface area contributed by atoms with Gasteiger partial charge in [0.05, 0.1) is 18.0 Å². The first-order chi connectivity index (χ1) is 15.6. The summed E-state index contributed by atoms with van der Waals surface area (Å²) < 4.78 is 54.6. The van der Waals surface area contributed by atoms with E-state index in [9.17, 15) is 31.9 Å². The second-order valence-electron chi connectivity index (χ2n) is 6.86. The molecule has 3 aromatic rings. The fraction of sp³-hybridized carbons (Fsp3) is 0.150. The maximum atomic E-state index is 13.7. The summed E-state index contributed by atoms with van der Waals surface area (Å²) >= 11 is 0.901. The number of imide groups is 1. The van der Waals surface area contributed by atoms with E-state index < -0.39 is 29.3 Å². The molecule has 1 aromatic heterocycles. The van der Waals surface area contributed by atoms with E-state index in [-0.39, 0.29) is 34.8 Å². The largest absolute Gasteiger partial charge is 0.435 e. The van der Waals surface area contributed by atoms with Gasteiger partial charge >= 0.3 is 6.18 Å². The van der Waals surface area contributed by atoms with Crippen LogP contribution in [0.4, 0.5) is 28.0 Å². The molecule has 3 amide bonds. The van der Waals surface area contributed by atoms with Gasteiger partial charge in [0.15, 0.2) is 11.4 Å². The Kier molecular flexibility index (Phi) is 5.89. The maximum Gasteiger partial charge on any atom is 0.435 e. The number of halogens is 4. The summed E-state index contributed by atoms with van der Waals surface area (Å²) in [5.74, 6) is -2.03. The number of carbonyl (C=O) groups is 3. The first-order valence-corrected chi connectivity index (χ1v) is 10.3. The van der Waals surface area contributed by atoms with Crippen LogP contribution in [0.25, 0.3) is 5.69 Å². The molecule has 1 fully saturated rings. The average molecular weight is 479 g/mol. The van der Waals surface area contributed by atoms with Crippen LogP contribution in [0.1, 0.15) is 21.7 Å². The fourth-order valence-electron chi connectivity index (χ4n) is 3.05. The van der Waals surface area contributed by atoms with Crippen LogP contribution in [-0.4, -0.2) is 42.7 Å². The monoisotopic (exact) mass is 479 g/mol. The minimum atomic E-state index is -4.97. The summed E-state index contributed by atoms with van der Waals surface area (Å²) in [5, 5.41) is 8.76. The van der Waals surface area contributed by atoms with Crippen LogP contribution >= 0.6 is 11.8 Å². The molecule has 2 heterocycles. The zero-order valence-electron chi connectivity index (χ0n) is 16.5. The molecule has 0 unspecified atom stereocenters. The third-order valence-electron chi connectivity index (χ3n) is 4.62. The molecule has 1 aliphatic heterocycles. The number of alkyl halides is 3. The van der Waals surface area contributed by atoms with Gasteiger partial charge in [-0.15, -0.1) is 5.10 Å². The van der Waals surface area contributed by atoms with Crippen molar-refractivity contribution < 1.29 is 31.9 Å². The zero-order valence-corrected chi connectivity index (χ0v) is 17.3. The normalized spacial score (nSPS) is 14.1. The van der Waals surface area contributed by atoms with Crippen LogP contribution in [0.2, 0.25) is 0 Å². The number of amides is 3. The molecule has 0 bridgehead atoms. The van der Waals surface area contributed by atoms with Crippen molar-refractivity contribution in [3.05, 3.63) is 71.3 Å². The molecule has 33 heavy (non-hydrogen) atoms. The summed E-state index contributed by atoms with van der Waals surface area (Å²) in [6, 6.07) is 9.97. The lowest BCUT2D eigenvalue weighted by Gasteiger charge is -2.13. The molecule has 0 aliphatic carbocycles. The maximum absolute atomic E-state index is 13.7. The van der Waals surface area contributed by atoms with E-state index in [0.29, 0.717) is 10.2 Å². The van der Waals surface area contributed by atoms with E-state index in [2.05, 4.69) is 15.6 Å². The highest BCUT2D eigenvalue weighted by molar-refractivity contribution is 8.14. The lowest BCUT2D eigenvalue weighted by molar-refractivity contribution is -0.143. The average Bonchev–Trinajstić information content (AvgIpc) is 3.35. The van der Waals surface area contributed by atoms with Gasteiger partial charge in [0, 0.05) is 5.69 Å². The van der Waals surface area contributed by atoms with Crippen LogP contribution in [-0.2, 0) is 17.5 Å². The quantitative estimate of drug-likeness (QED) is 0.558. The number of thioether (sulfide) groups is 1. The molecule has 8 nitrogen and oxygen atoms in total. The van der Waals surface area contributed by atoms with Crippen LogP contribution in [0.15, 0.2) is 48.5 Å². The molecule has 170 valence electrons. The minimum absolute atomic E-state index is 0.0448. The summed E-state index contributed by atoms with van der Waals surface area (Å²) in [7, 11) is 0. The van der Waals surface area contributed by atoms with E-state index >= 15 is 0 Å². The molecule has 2 aromatic carbocycles. The molecule has 13 heteroatoms. The molecular formula is C20H13F4N5O3S. The Bertz CT molecular complexity index is 1210. The standard InChI is InChI=1S/C20H13F4N5O3S/c21-12-3-7-14(8-4-12)29-17(20(22,23)24)16(26-27-29)18(31)25-13-5-1-11(2-6-13)9-28-15(30)10-33-19(28)32/h1-8H,9-10H2,(H,25,31). The Balaban J connectivity index is 1.54. The fourth-order valence-corrected chi connectivity index (χ4v) is 3.78. The molecular weight excluding hydrogens is 466 g/mol. The molecule has 1 aliphatic rings.